The Kier molecular flexibility index (Phi) is 13.7. The van der Waals surface area contributed by atoms with Gasteiger partial charge in [-0.15, -0.1) is 12.1 Å². The molecule has 0 saturated carbocycles. The fourth-order valence-corrected chi connectivity index (χ4v) is 4.55. The molecule has 38 heavy (non-hydrogen) atoms. The predicted molar refractivity (Wildman–Crippen MR) is 147 cm³/mol. The first-order valence-electron chi connectivity index (χ1n) is 11.8. The van der Waals surface area contributed by atoms with Crippen molar-refractivity contribution in [1.29, 1.82) is 0 Å². The van der Waals surface area contributed by atoms with Gasteiger partial charge in [0, 0.05) is 10.5 Å². The van der Waals surface area contributed by atoms with E-state index in [0.29, 0.717) is 11.5 Å². The Morgan fingerprint density at radius 1 is 0.763 bits per heavy atom. The molecule has 3 aromatic rings. The zero-order valence-corrected chi connectivity index (χ0v) is 25.0. The van der Waals surface area contributed by atoms with Crippen LogP contribution in [0.15, 0.2) is 112 Å². The number of rotatable bonds is 7. The van der Waals surface area contributed by atoms with E-state index in [0.717, 1.165) is 22.3 Å². The second-order valence-corrected chi connectivity index (χ2v) is 10.5. The van der Waals surface area contributed by atoms with Crippen LogP contribution in [0.4, 0.5) is 0 Å². The van der Waals surface area contributed by atoms with E-state index in [4.69, 9.17) is 5.73 Å². The zero-order valence-electron chi connectivity index (χ0n) is 21.7. The minimum atomic E-state index is -3.87. The molecule has 2 atom stereocenters. The van der Waals surface area contributed by atoms with Gasteiger partial charge in [-0.1, -0.05) is 127 Å². The molecule has 7 heteroatoms. The Bertz CT molecular complexity index is 1450. The summed E-state index contributed by atoms with van der Waals surface area (Å²) in [6.45, 7) is 8.06. The van der Waals surface area contributed by atoms with Crippen molar-refractivity contribution in [2.45, 2.75) is 44.7 Å². The van der Waals surface area contributed by atoms with Crippen LogP contribution < -0.4 is 12.4 Å². The van der Waals surface area contributed by atoms with Crippen molar-refractivity contribution in [2.24, 2.45) is 5.92 Å². The SMILES string of the molecule is CC1=C=C=C(C(C)C)C#C1.Cc1ccc(S(=O)(=O)[N-][C@H](c2ccccc2)[C@H]([NH-])c2ccccc2)cc1.[Cl-].[Ru+3]. The van der Waals surface area contributed by atoms with Crippen LogP contribution in [0, 0.1) is 24.7 Å². The predicted octanol–water partition coefficient (Wildman–Crippen LogP) is 4.88. The number of hydrogen-bond acceptors (Lipinski definition) is 2. The largest absolute Gasteiger partial charge is 3.00 e. The quantitative estimate of drug-likeness (QED) is 0.212. The molecular formula is C31H30ClN2O2RuS. The summed E-state index contributed by atoms with van der Waals surface area (Å²) in [5.74, 6) is 6.47. The molecule has 1 radical (unpaired) electrons. The molecule has 4 rings (SSSR count). The Hall–Kier alpha value is -2.70. The number of halogens is 1. The molecule has 0 bridgehead atoms. The molecule has 0 fully saturated rings. The monoisotopic (exact) mass is 631 g/mol. The van der Waals surface area contributed by atoms with Gasteiger partial charge in [-0.25, -0.2) is 8.42 Å². The summed E-state index contributed by atoms with van der Waals surface area (Å²) in [5.41, 5.74) is 19.1. The summed E-state index contributed by atoms with van der Waals surface area (Å²) in [4.78, 5) is 0.143. The number of hydrogen-bond donors (Lipinski definition) is 0. The molecule has 1 aliphatic rings. The third kappa shape index (κ3) is 9.56. The number of sulfonamides is 1. The van der Waals surface area contributed by atoms with Crippen molar-refractivity contribution < 1.29 is 40.3 Å². The first kappa shape index (κ1) is 33.3. The van der Waals surface area contributed by atoms with Gasteiger partial charge in [-0.3, -0.25) is 0 Å². The van der Waals surface area contributed by atoms with Crippen LogP contribution in [0.5, 0.6) is 0 Å². The van der Waals surface area contributed by atoms with Crippen molar-refractivity contribution in [3.63, 3.8) is 0 Å². The van der Waals surface area contributed by atoms with E-state index in [-0.39, 0.29) is 36.8 Å². The van der Waals surface area contributed by atoms with Crippen LogP contribution in [0.3, 0.4) is 0 Å². The molecular weight excluding hydrogens is 601 g/mol. The second-order valence-electron chi connectivity index (χ2n) is 8.83. The van der Waals surface area contributed by atoms with Gasteiger partial charge in [-0.05, 0) is 31.9 Å². The van der Waals surface area contributed by atoms with Crippen LogP contribution in [-0.2, 0) is 29.5 Å². The molecule has 0 spiro atoms. The summed E-state index contributed by atoms with van der Waals surface area (Å²) in [6.07, 6.45) is 0. The van der Waals surface area contributed by atoms with E-state index in [1.807, 2.05) is 74.5 Å². The molecule has 1 aliphatic carbocycles. The van der Waals surface area contributed by atoms with Crippen LogP contribution in [0.2, 0.25) is 0 Å². The van der Waals surface area contributed by atoms with Crippen molar-refractivity contribution in [3.8, 4) is 11.8 Å². The zero-order chi connectivity index (χ0) is 26.1. The van der Waals surface area contributed by atoms with E-state index < -0.39 is 22.1 Å². The molecule has 0 aliphatic heterocycles. The second kappa shape index (κ2) is 15.7. The molecule has 197 valence electrons. The normalized spacial score (nSPS) is 13.2. The van der Waals surface area contributed by atoms with E-state index in [1.54, 1.807) is 24.3 Å². The Balaban J connectivity index is 0.000000511. The van der Waals surface area contributed by atoms with Gasteiger partial charge in [0.25, 0.3) is 0 Å². The van der Waals surface area contributed by atoms with E-state index in [9.17, 15) is 8.42 Å². The Morgan fingerprint density at radius 2 is 1.29 bits per heavy atom. The van der Waals surface area contributed by atoms with Gasteiger partial charge in [0.2, 0.25) is 0 Å². The number of allylic oxidation sites excluding steroid dienone is 2. The fourth-order valence-electron chi connectivity index (χ4n) is 3.40. The maximum Gasteiger partial charge on any atom is 3.00 e. The van der Waals surface area contributed by atoms with Gasteiger partial charge in [0.1, 0.15) is 10.0 Å². The maximum absolute atomic E-state index is 12.8. The van der Waals surface area contributed by atoms with E-state index in [2.05, 4.69) is 41.9 Å². The van der Waals surface area contributed by atoms with Gasteiger partial charge >= 0.3 is 19.5 Å². The van der Waals surface area contributed by atoms with Crippen LogP contribution in [0.25, 0.3) is 10.5 Å². The maximum atomic E-state index is 12.8. The summed E-state index contributed by atoms with van der Waals surface area (Å²) in [6, 6.07) is 23.3. The van der Waals surface area contributed by atoms with Gasteiger partial charge < -0.3 is 22.9 Å². The molecule has 0 saturated heterocycles. The van der Waals surface area contributed by atoms with Gasteiger partial charge in [0.05, 0.1) is 5.57 Å². The van der Waals surface area contributed by atoms with Gasteiger partial charge in [0.15, 0.2) is 0 Å². The summed E-state index contributed by atoms with van der Waals surface area (Å²) >= 11 is 0. The standard InChI is InChI=1S/C21H20N2O2S.C10H10.ClH.Ru/c1-16-12-14-19(15-13-16)26(24,25)23-21(18-10-6-3-7-11-18)20(22)17-8-4-2-5-9-17;1-8(2)10-6-4-9(3)5-7-10;;/h2-15,20-22H,1H3;8H,1-3H3;1H;/q-2;;;+3/p-1/t20-,21-;;;/m1.../s1. The van der Waals surface area contributed by atoms with Crippen molar-refractivity contribution in [2.75, 3.05) is 0 Å². The van der Waals surface area contributed by atoms with E-state index in [1.165, 1.54) is 0 Å². The molecule has 1 N–H and O–H groups in total. The fraction of sp³-hybridized carbons (Fsp3) is 0.226. The third-order valence-electron chi connectivity index (χ3n) is 5.53. The smallest absolute Gasteiger partial charge is 1.00 e. The Labute approximate surface area is 246 Å². The molecule has 4 nitrogen and oxygen atoms in total. The molecule has 3 aromatic carbocycles. The molecule has 0 unspecified atom stereocenters. The Morgan fingerprint density at radius 3 is 1.76 bits per heavy atom. The summed E-state index contributed by atoms with van der Waals surface area (Å²) in [7, 11) is -3.87. The average molecular weight is 631 g/mol. The van der Waals surface area contributed by atoms with E-state index >= 15 is 0 Å². The number of nitrogens with zero attached hydrogens (tertiary/aromatic N) is 1. The minimum absolute atomic E-state index is 0. The molecule has 0 aromatic heterocycles. The first-order chi connectivity index (χ1) is 17.2. The molecule has 0 heterocycles. The minimum Gasteiger partial charge on any atom is -1.00 e. The van der Waals surface area contributed by atoms with Crippen LogP contribution in [0.1, 0.15) is 49.5 Å². The van der Waals surface area contributed by atoms with Crippen molar-refractivity contribution in [3.05, 3.63) is 135 Å². The van der Waals surface area contributed by atoms with Crippen molar-refractivity contribution in [1.82, 2.24) is 0 Å². The number of benzene rings is 3. The summed E-state index contributed by atoms with van der Waals surface area (Å²) < 4.78 is 29.8. The van der Waals surface area contributed by atoms with Gasteiger partial charge in [-0.2, -0.15) is 0 Å². The number of aryl methyl sites for hydroxylation is 1. The van der Waals surface area contributed by atoms with Crippen LogP contribution >= 0.6 is 0 Å². The first-order valence-corrected chi connectivity index (χ1v) is 13.2. The number of nitrogens with one attached hydrogen (secondary N) is 1. The topological polar surface area (TPSA) is 72.0 Å². The summed E-state index contributed by atoms with van der Waals surface area (Å²) in [5, 5.41) is 0. The van der Waals surface area contributed by atoms with Crippen LogP contribution in [-0.4, -0.2) is 8.42 Å². The van der Waals surface area contributed by atoms with Crippen molar-refractivity contribution >= 4 is 10.0 Å². The molecule has 0 amide bonds. The average Bonchev–Trinajstić information content (AvgIpc) is 2.89. The third-order valence-corrected chi connectivity index (χ3v) is 6.91.